The van der Waals surface area contributed by atoms with E-state index >= 15 is 0 Å². The summed E-state index contributed by atoms with van der Waals surface area (Å²) in [7, 11) is 2.03. The van der Waals surface area contributed by atoms with E-state index in [4.69, 9.17) is 5.73 Å². The monoisotopic (exact) mass is 267 g/mol. The Bertz CT molecular complexity index is 304. The summed E-state index contributed by atoms with van der Waals surface area (Å²) < 4.78 is 0. The standard InChI is InChI=1S/C15H29N3O/c1-11-5-3-4-6-13(11)17-15(19)10-18(2)14(9-16)12-7-8-12/h11-14H,3-10,16H2,1-2H3,(H,17,19). The molecule has 3 N–H and O–H groups in total. The first kappa shape index (κ1) is 14.8. The van der Waals surface area contributed by atoms with Gasteiger partial charge in [-0.2, -0.15) is 0 Å². The highest BCUT2D eigenvalue weighted by Crippen LogP contribution is 2.34. The maximum atomic E-state index is 12.1. The van der Waals surface area contributed by atoms with Gasteiger partial charge in [-0.15, -0.1) is 0 Å². The molecule has 3 unspecified atom stereocenters. The molecule has 0 heterocycles. The number of rotatable bonds is 6. The SMILES string of the molecule is CC1CCCCC1NC(=O)CN(C)C(CN)C1CC1. The van der Waals surface area contributed by atoms with Gasteiger partial charge in [0, 0.05) is 18.6 Å². The van der Waals surface area contributed by atoms with Gasteiger partial charge >= 0.3 is 0 Å². The van der Waals surface area contributed by atoms with Gasteiger partial charge in [0.05, 0.1) is 6.54 Å². The third-order valence-corrected chi connectivity index (χ3v) is 4.82. The highest BCUT2D eigenvalue weighted by molar-refractivity contribution is 5.78. The van der Waals surface area contributed by atoms with Gasteiger partial charge in [0.2, 0.25) is 5.91 Å². The molecule has 2 rings (SSSR count). The summed E-state index contributed by atoms with van der Waals surface area (Å²) in [4.78, 5) is 14.3. The second kappa shape index (κ2) is 6.71. The maximum Gasteiger partial charge on any atom is 0.234 e. The molecular formula is C15H29N3O. The number of carbonyl (C=O) groups excluding carboxylic acids is 1. The van der Waals surface area contributed by atoms with Crippen molar-refractivity contribution in [2.75, 3.05) is 20.1 Å². The fourth-order valence-corrected chi connectivity index (χ4v) is 3.34. The van der Waals surface area contributed by atoms with Crippen LogP contribution in [-0.4, -0.2) is 43.0 Å². The Morgan fingerprint density at radius 1 is 1.32 bits per heavy atom. The third kappa shape index (κ3) is 4.18. The van der Waals surface area contributed by atoms with Crippen LogP contribution in [0.25, 0.3) is 0 Å². The molecule has 0 aliphatic heterocycles. The van der Waals surface area contributed by atoms with Gasteiger partial charge in [-0.1, -0.05) is 19.8 Å². The molecule has 2 aliphatic carbocycles. The Morgan fingerprint density at radius 3 is 2.58 bits per heavy atom. The molecule has 0 bridgehead atoms. The summed E-state index contributed by atoms with van der Waals surface area (Å²) in [5, 5.41) is 3.22. The zero-order valence-electron chi connectivity index (χ0n) is 12.4. The number of hydrogen-bond acceptors (Lipinski definition) is 3. The van der Waals surface area contributed by atoms with Crippen LogP contribution in [0, 0.1) is 11.8 Å². The number of carbonyl (C=O) groups is 1. The number of amides is 1. The first-order chi connectivity index (χ1) is 9.11. The van der Waals surface area contributed by atoms with Gasteiger partial charge in [0.15, 0.2) is 0 Å². The van der Waals surface area contributed by atoms with Crippen molar-refractivity contribution in [2.24, 2.45) is 17.6 Å². The fourth-order valence-electron chi connectivity index (χ4n) is 3.34. The molecule has 110 valence electrons. The first-order valence-corrected chi connectivity index (χ1v) is 7.81. The molecule has 0 aromatic carbocycles. The predicted molar refractivity (Wildman–Crippen MR) is 77.8 cm³/mol. The van der Waals surface area contributed by atoms with Crippen LogP contribution in [0.4, 0.5) is 0 Å². The Labute approximate surface area is 117 Å². The van der Waals surface area contributed by atoms with E-state index in [9.17, 15) is 4.79 Å². The molecule has 0 aromatic heterocycles. The van der Waals surface area contributed by atoms with Crippen LogP contribution in [0.15, 0.2) is 0 Å². The van der Waals surface area contributed by atoms with E-state index in [0.29, 0.717) is 31.1 Å². The summed E-state index contributed by atoms with van der Waals surface area (Å²) in [5.41, 5.74) is 5.82. The number of nitrogens with one attached hydrogen (secondary N) is 1. The van der Waals surface area contributed by atoms with E-state index in [-0.39, 0.29) is 5.91 Å². The number of likely N-dealkylation sites (N-methyl/N-ethyl adjacent to an activating group) is 1. The van der Waals surface area contributed by atoms with Crippen molar-refractivity contribution < 1.29 is 4.79 Å². The van der Waals surface area contributed by atoms with E-state index in [1.807, 2.05) is 7.05 Å². The number of hydrogen-bond donors (Lipinski definition) is 2. The molecule has 2 aliphatic rings. The van der Waals surface area contributed by atoms with Crippen molar-refractivity contribution in [3.63, 3.8) is 0 Å². The molecule has 1 amide bonds. The minimum absolute atomic E-state index is 0.167. The Balaban J connectivity index is 1.76. The Kier molecular flexibility index (Phi) is 5.22. The lowest BCUT2D eigenvalue weighted by Gasteiger charge is -2.31. The molecule has 2 saturated carbocycles. The Hall–Kier alpha value is -0.610. The fraction of sp³-hybridized carbons (Fsp3) is 0.933. The van der Waals surface area contributed by atoms with Crippen molar-refractivity contribution in [1.29, 1.82) is 0 Å². The topological polar surface area (TPSA) is 58.4 Å². The summed E-state index contributed by atoms with van der Waals surface area (Å²) >= 11 is 0. The van der Waals surface area contributed by atoms with E-state index in [1.54, 1.807) is 0 Å². The summed E-state index contributed by atoms with van der Waals surface area (Å²) in [6.45, 7) is 3.40. The van der Waals surface area contributed by atoms with Crippen molar-refractivity contribution in [3.8, 4) is 0 Å². The summed E-state index contributed by atoms with van der Waals surface area (Å²) in [5.74, 6) is 1.51. The van der Waals surface area contributed by atoms with Crippen LogP contribution in [0.2, 0.25) is 0 Å². The minimum Gasteiger partial charge on any atom is -0.352 e. The lowest BCUT2D eigenvalue weighted by Crippen LogP contribution is -2.48. The van der Waals surface area contributed by atoms with Crippen molar-refractivity contribution >= 4 is 5.91 Å². The highest BCUT2D eigenvalue weighted by atomic mass is 16.2. The van der Waals surface area contributed by atoms with Crippen LogP contribution < -0.4 is 11.1 Å². The molecular weight excluding hydrogens is 238 g/mol. The minimum atomic E-state index is 0.167. The van der Waals surface area contributed by atoms with E-state index < -0.39 is 0 Å². The molecule has 0 saturated heterocycles. The van der Waals surface area contributed by atoms with Gasteiger partial charge in [0.1, 0.15) is 0 Å². The normalized spacial score (nSPS) is 29.3. The van der Waals surface area contributed by atoms with Crippen LogP contribution >= 0.6 is 0 Å². The lowest BCUT2D eigenvalue weighted by molar-refractivity contribution is -0.123. The van der Waals surface area contributed by atoms with Crippen LogP contribution in [0.1, 0.15) is 45.4 Å². The van der Waals surface area contributed by atoms with Gasteiger partial charge < -0.3 is 11.1 Å². The lowest BCUT2D eigenvalue weighted by atomic mass is 9.86. The Morgan fingerprint density at radius 2 is 2.00 bits per heavy atom. The van der Waals surface area contributed by atoms with E-state index in [1.165, 1.54) is 32.1 Å². The molecule has 3 atom stereocenters. The zero-order valence-corrected chi connectivity index (χ0v) is 12.4. The molecule has 19 heavy (non-hydrogen) atoms. The molecule has 0 aromatic rings. The van der Waals surface area contributed by atoms with Gasteiger partial charge in [-0.3, -0.25) is 9.69 Å². The molecule has 2 fully saturated rings. The van der Waals surface area contributed by atoms with Crippen molar-refractivity contribution in [3.05, 3.63) is 0 Å². The van der Waals surface area contributed by atoms with E-state index in [2.05, 4.69) is 17.1 Å². The van der Waals surface area contributed by atoms with E-state index in [0.717, 1.165) is 12.3 Å². The van der Waals surface area contributed by atoms with Crippen LogP contribution in [-0.2, 0) is 4.79 Å². The van der Waals surface area contributed by atoms with Crippen molar-refractivity contribution in [1.82, 2.24) is 10.2 Å². The smallest absolute Gasteiger partial charge is 0.234 e. The molecule has 4 nitrogen and oxygen atoms in total. The number of nitrogens with two attached hydrogens (primary N) is 1. The summed E-state index contributed by atoms with van der Waals surface area (Å²) in [6.07, 6.45) is 7.48. The van der Waals surface area contributed by atoms with Crippen molar-refractivity contribution in [2.45, 2.75) is 57.5 Å². The molecule has 0 spiro atoms. The zero-order chi connectivity index (χ0) is 13.8. The van der Waals surface area contributed by atoms with Crippen LogP contribution in [0.3, 0.4) is 0 Å². The quantitative estimate of drug-likeness (QED) is 0.764. The number of nitrogens with zero attached hydrogens (tertiary/aromatic N) is 1. The van der Waals surface area contributed by atoms with Crippen LogP contribution in [0.5, 0.6) is 0 Å². The average Bonchev–Trinajstić information content (AvgIpc) is 3.17. The molecule has 4 heteroatoms. The highest BCUT2D eigenvalue weighted by Gasteiger charge is 2.33. The third-order valence-electron chi connectivity index (χ3n) is 4.82. The summed E-state index contributed by atoms with van der Waals surface area (Å²) in [6, 6.07) is 0.765. The van der Waals surface area contributed by atoms with Gasteiger partial charge in [0.25, 0.3) is 0 Å². The maximum absolute atomic E-state index is 12.1. The van der Waals surface area contributed by atoms with Gasteiger partial charge in [-0.25, -0.2) is 0 Å². The predicted octanol–water partition coefficient (Wildman–Crippen LogP) is 1.35. The largest absolute Gasteiger partial charge is 0.352 e. The van der Waals surface area contributed by atoms with Gasteiger partial charge in [-0.05, 0) is 44.6 Å². The molecule has 0 radical (unpaired) electrons. The first-order valence-electron chi connectivity index (χ1n) is 7.81. The second-order valence-corrected chi connectivity index (χ2v) is 6.49. The second-order valence-electron chi connectivity index (χ2n) is 6.49. The average molecular weight is 267 g/mol.